The molecule has 0 fully saturated rings. The third-order valence-corrected chi connectivity index (χ3v) is 3.35. The highest BCUT2D eigenvalue weighted by Crippen LogP contribution is 2.36. The lowest BCUT2D eigenvalue weighted by Crippen LogP contribution is -2.23. The van der Waals surface area contributed by atoms with Gasteiger partial charge in [-0.2, -0.15) is 0 Å². The average Bonchev–Trinajstić information content (AvgIpc) is 2.30. The van der Waals surface area contributed by atoms with Crippen LogP contribution in [0.1, 0.15) is 38.7 Å². The molecule has 1 aliphatic heterocycles. The molecule has 0 amide bonds. The summed E-state index contributed by atoms with van der Waals surface area (Å²) in [6.07, 6.45) is 0.484. The van der Waals surface area contributed by atoms with E-state index >= 15 is 0 Å². The van der Waals surface area contributed by atoms with E-state index in [2.05, 4.69) is 37.8 Å². The molecule has 0 N–H and O–H groups in total. The van der Waals surface area contributed by atoms with Crippen LogP contribution in [0.3, 0.4) is 0 Å². The Hall–Kier alpha value is -1.51. The van der Waals surface area contributed by atoms with Gasteiger partial charge in [-0.05, 0) is 31.4 Å². The van der Waals surface area contributed by atoms with Crippen LogP contribution in [0.25, 0.3) is 0 Å². The molecule has 0 saturated heterocycles. The molecule has 0 saturated carbocycles. The van der Waals surface area contributed by atoms with Gasteiger partial charge < -0.3 is 9.64 Å². The summed E-state index contributed by atoms with van der Waals surface area (Å²) >= 11 is 0. The van der Waals surface area contributed by atoms with E-state index in [-0.39, 0.29) is 11.9 Å². The molecular weight excluding hydrogens is 214 g/mol. The number of fused-ring (bicyclic) bond motifs is 1. The highest BCUT2D eigenvalue weighted by atomic mass is 16.5. The van der Waals surface area contributed by atoms with E-state index in [1.807, 2.05) is 6.07 Å². The fourth-order valence-electron chi connectivity index (χ4n) is 2.33. The molecule has 0 bridgehead atoms. The Labute approximate surface area is 102 Å². The van der Waals surface area contributed by atoms with Crippen LogP contribution in [0.15, 0.2) is 18.2 Å². The largest absolute Gasteiger partial charge is 0.426 e. The van der Waals surface area contributed by atoms with Gasteiger partial charge in [-0.15, -0.1) is 0 Å². The standard InChI is InChI=1S/C14H19NO2/c1-4-15(5-2)11-6-7-12-10(3)8-14(16)17-13(12)9-11/h6-7,9-10H,4-5,8H2,1-3H3/t10-/m0/s1. The maximum absolute atomic E-state index is 11.4. The molecule has 1 aromatic rings. The topological polar surface area (TPSA) is 29.5 Å². The number of carbonyl (C=O) groups is 1. The van der Waals surface area contributed by atoms with Gasteiger partial charge in [-0.25, -0.2) is 0 Å². The maximum atomic E-state index is 11.4. The van der Waals surface area contributed by atoms with E-state index in [0.717, 1.165) is 30.1 Å². The lowest BCUT2D eigenvalue weighted by Gasteiger charge is -2.26. The molecule has 0 aromatic heterocycles. The number of ether oxygens (including phenoxy) is 1. The van der Waals surface area contributed by atoms with Crippen molar-refractivity contribution in [2.24, 2.45) is 0 Å². The average molecular weight is 233 g/mol. The Morgan fingerprint density at radius 3 is 2.71 bits per heavy atom. The summed E-state index contributed by atoms with van der Waals surface area (Å²) in [6.45, 7) is 8.23. The van der Waals surface area contributed by atoms with Crippen LogP contribution in [-0.4, -0.2) is 19.1 Å². The smallest absolute Gasteiger partial charge is 0.311 e. The second kappa shape index (κ2) is 4.78. The molecular formula is C14H19NO2. The maximum Gasteiger partial charge on any atom is 0.311 e. The number of hydrogen-bond acceptors (Lipinski definition) is 3. The summed E-state index contributed by atoms with van der Waals surface area (Å²) in [5.41, 5.74) is 2.26. The molecule has 92 valence electrons. The molecule has 0 radical (unpaired) electrons. The number of nitrogens with zero attached hydrogens (tertiary/aromatic N) is 1. The van der Waals surface area contributed by atoms with Crippen molar-refractivity contribution in [2.75, 3.05) is 18.0 Å². The van der Waals surface area contributed by atoms with Crippen LogP contribution in [0, 0.1) is 0 Å². The van der Waals surface area contributed by atoms with Gasteiger partial charge in [0.2, 0.25) is 0 Å². The van der Waals surface area contributed by atoms with Crippen molar-refractivity contribution in [3.8, 4) is 5.75 Å². The predicted octanol–water partition coefficient (Wildman–Crippen LogP) is 2.95. The zero-order valence-corrected chi connectivity index (χ0v) is 10.7. The second-order valence-electron chi connectivity index (χ2n) is 4.47. The van der Waals surface area contributed by atoms with Crippen molar-refractivity contribution in [3.05, 3.63) is 23.8 Å². The van der Waals surface area contributed by atoms with Crippen LogP contribution in [0.4, 0.5) is 5.69 Å². The van der Waals surface area contributed by atoms with E-state index in [1.54, 1.807) is 0 Å². The first-order chi connectivity index (χ1) is 8.15. The van der Waals surface area contributed by atoms with E-state index < -0.39 is 0 Å². The van der Waals surface area contributed by atoms with Crippen molar-refractivity contribution in [2.45, 2.75) is 33.1 Å². The van der Waals surface area contributed by atoms with Crippen molar-refractivity contribution >= 4 is 11.7 Å². The van der Waals surface area contributed by atoms with Crippen LogP contribution in [-0.2, 0) is 4.79 Å². The Morgan fingerprint density at radius 1 is 1.35 bits per heavy atom. The number of hydrogen-bond donors (Lipinski definition) is 0. The molecule has 0 unspecified atom stereocenters. The zero-order valence-electron chi connectivity index (χ0n) is 10.7. The molecule has 2 rings (SSSR count). The Morgan fingerprint density at radius 2 is 2.06 bits per heavy atom. The predicted molar refractivity (Wildman–Crippen MR) is 68.7 cm³/mol. The van der Waals surface area contributed by atoms with Gasteiger partial charge in [-0.1, -0.05) is 13.0 Å². The minimum Gasteiger partial charge on any atom is -0.426 e. The summed E-state index contributed by atoms with van der Waals surface area (Å²) in [7, 11) is 0. The molecule has 1 aromatic carbocycles. The van der Waals surface area contributed by atoms with Gasteiger partial charge >= 0.3 is 5.97 Å². The summed E-state index contributed by atoms with van der Waals surface area (Å²) in [5.74, 6) is 0.872. The molecule has 1 heterocycles. The monoisotopic (exact) mass is 233 g/mol. The van der Waals surface area contributed by atoms with Crippen LogP contribution < -0.4 is 9.64 Å². The molecule has 1 atom stereocenters. The number of anilines is 1. The Kier molecular flexibility index (Phi) is 3.36. The third-order valence-electron chi connectivity index (χ3n) is 3.35. The van der Waals surface area contributed by atoms with Gasteiger partial charge in [0.15, 0.2) is 0 Å². The summed E-state index contributed by atoms with van der Waals surface area (Å²) < 4.78 is 5.32. The lowest BCUT2D eigenvalue weighted by molar-refractivity contribution is -0.135. The first-order valence-electron chi connectivity index (χ1n) is 6.25. The highest BCUT2D eigenvalue weighted by molar-refractivity contribution is 5.77. The normalized spacial score (nSPS) is 18.5. The highest BCUT2D eigenvalue weighted by Gasteiger charge is 2.24. The number of benzene rings is 1. The summed E-state index contributed by atoms with van der Waals surface area (Å²) in [4.78, 5) is 13.7. The van der Waals surface area contributed by atoms with Crippen molar-refractivity contribution in [3.63, 3.8) is 0 Å². The van der Waals surface area contributed by atoms with Gasteiger partial charge in [0.1, 0.15) is 5.75 Å². The summed E-state index contributed by atoms with van der Waals surface area (Å²) in [5, 5.41) is 0. The molecule has 3 nitrogen and oxygen atoms in total. The Balaban J connectivity index is 2.36. The minimum atomic E-state index is -0.123. The van der Waals surface area contributed by atoms with Crippen LogP contribution in [0.2, 0.25) is 0 Å². The second-order valence-corrected chi connectivity index (χ2v) is 4.47. The molecule has 1 aliphatic rings. The first-order valence-corrected chi connectivity index (χ1v) is 6.25. The van der Waals surface area contributed by atoms with E-state index in [4.69, 9.17) is 4.74 Å². The van der Waals surface area contributed by atoms with Crippen molar-refractivity contribution in [1.82, 2.24) is 0 Å². The molecule has 3 heteroatoms. The molecule has 17 heavy (non-hydrogen) atoms. The minimum absolute atomic E-state index is 0.123. The van der Waals surface area contributed by atoms with Crippen LogP contribution in [0.5, 0.6) is 5.75 Å². The SMILES string of the molecule is CCN(CC)c1ccc2c(c1)OC(=O)C[C@@H]2C. The van der Waals surface area contributed by atoms with Gasteiger partial charge in [0.25, 0.3) is 0 Å². The summed E-state index contributed by atoms with van der Waals surface area (Å²) in [6, 6.07) is 6.18. The van der Waals surface area contributed by atoms with Crippen molar-refractivity contribution in [1.29, 1.82) is 0 Å². The zero-order chi connectivity index (χ0) is 12.4. The fraction of sp³-hybridized carbons (Fsp3) is 0.500. The quantitative estimate of drug-likeness (QED) is 0.594. The van der Waals surface area contributed by atoms with Gasteiger partial charge in [0.05, 0.1) is 6.42 Å². The fourth-order valence-corrected chi connectivity index (χ4v) is 2.33. The number of carbonyl (C=O) groups excluding carboxylic acids is 1. The van der Waals surface area contributed by atoms with Crippen LogP contribution >= 0.6 is 0 Å². The Bertz CT molecular complexity index is 424. The number of rotatable bonds is 3. The van der Waals surface area contributed by atoms with Crippen molar-refractivity contribution < 1.29 is 9.53 Å². The van der Waals surface area contributed by atoms with E-state index in [1.165, 1.54) is 0 Å². The lowest BCUT2D eigenvalue weighted by atomic mass is 9.94. The molecule has 0 aliphatic carbocycles. The van der Waals surface area contributed by atoms with E-state index in [9.17, 15) is 4.79 Å². The van der Waals surface area contributed by atoms with Gasteiger partial charge in [0, 0.05) is 24.8 Å². The van der Waals surface area contributed by atoms with E-state index in [0.29, 0.717) is 6.42 Å². The molecule has 0 spiro atoms. The third kappa shape index (κ3) is 2.28. The first kappa shape index (κ1) is 12.0. The number of esters is 1. The van der Waals surface area contributed by atoms with Gasteiger partial charge in [-0.3, -0.25) is 4.79 Å².